The molecule has 1 amide bonds. The molecule has 0 unspecified atom stereocenters. The maximum Gasteiger partial charge on any atom is 0.292 e. The molecule has 3 heterocycles. The first-order valence-electron chi connectivity index (χ1n) is 9.64. The number of anilines is 2. The van der Waals surface area contributed by atoms with Gasteiger partial charge >= 0.3 is 0 Å². The van der Waals surface area contributed by atoms with Gasteiger partial charge in [0, 0.05) is 43.5 Å². The number of benzene rings is 1. The van der Waals surface area contributed by atoms with E-state index in [0.29, 0.717) is 25.9 Å². The minimum atomic E-state index is -0.493. The van der Waals surface area contributed by atoms with Gasteiger partial charge < -0.3 is 10.2 Å². The molecule has 30 heavy (non-hydrogen) atoms. The Kier molecular flexibility index (Phi) is 5.38. The molecular weight excluding hydrogens is 386 g/mol. The predicted octanol–water partition coefficient (Wildman–Crippen LogP) is 2.73. The van der Waals surface area contributed by atoms with E-state index in [1.807, 2.05) is 23.8 Å². The van der Waals surface area contributed by atoms with Gasteiger partial charge in [0.05, 0.1) is 4.92 Å². The summed E-state index contributed by atoms with van der Waals surface area (Å²) in [5, 5.41) is 13.9. The van der Waals surface area contributed by atoms with Crippen molar-refractivity contribution >= 4 is 23.1 Å². The van der Waals surface area contributed by atoms with Gasteiger partial charge in [-0.15, -0.1) is 0 Å². The second-order valence-electron chi connectivity index (χ2n) is 7.10. The maximum absolute atomic E-state index is 12.6. The number of nitrogens with zero attached hydrogens (tertiary/aromatic N) is 6. The van der Waals surface area contributed by atoms with E-state index in [1.165, 1.54) is 12.4 Å². The Bertz CT molecular complexity index is 1070. The van der Waals surface area contributed by atoms with Crippen LogP contribution in [0.5, 0.6) is 0 Å². The third-order valence-electron chi connectivity index (χ3n) is 5.26. The first-order valence-corrected chi connectivity index (χ1v) is 9.64. The lowest BCUT2D eigenvalue weighted by Gasteiger charge is -2.32. The molecule has 0 atom stereocenters. The van der Waals surface area contributed by atoms with Crippen molar-refractivity contribution in [3.63, 3.8) is 0 Å². The van der Waals surface area contributed by atoms with Gasteiger partial charge in [-0.1, -0.05) is 12.1 Å². The number of para-hydroxylation sites is 2. The first kappa shape index (κ1) is 19.5. The summed E-state index contributed by atoms with van der Waals surface area (Å²) in [4.78, 5) is 38.3. The van der Waals surface area contributed by atoms with Crippen molar-refractivity contribution in [3.05, 3.63) is 65.0 Å². The Morgan fingerprint density at radius 2 is 1.90 bits per heavy atom. The highest BCUT2D eigenvalue weighted by Crippen LogP contribution is 2.27. The molecule has 1 saturated heterocycles. The number of carbonyl (C=O) groups is 1. The summed E-state index contributed by atoms with van der Waals surface area (Å²) in [5.74, 6) is 1.97. The molecule has 0 radical (unpaired) electrons. The molecule has 10 nitrogen and oxygen atoms in total. The molecule has 1 N–H and O–H groups in total. The van der Waals surface area contributed by atoms with E-state index in [1.54, 1.807) is 24.4 Å². The van der Waals surface area contributed by atoms with Gasteiger partial charge in [0.2, 0.25) is 5.91 Å². The van der Waals surface area contributed by atoms with E-state index in [4.69, 9.17) is 0 Å². The number of nitro groups is 1. The molecule has 0 saturated carbocycles. The smallest absolute Gasteiger partial charge is 0.292 e. The number of nitrogens with one attached hydrogen (secondary N) is 1. The van der Waals surface area contributed by atoms with Crippen molar-refractivity contribution in [1.29, 1.82) is 0 Å². The highest BCUT2D eigenvalue weighted by Gasteiger charge is 2.27. The van der Waals surface area contributed by atoms with Gasteiger partial charge in [0.25, 0.3) is 5.69 Å². The first-order chi connectivity index (χ1) is 14.5. The fraction of sp³-hybridized carbons (Fsp3) is 0.300. The quantitative estimate of drug-likeness (QED) is 0.510. The number of aryl methyl sites for hydroxylation is 1. The molecule has 1 aromatic carbocycles. The van der Waals surface area contributed by atoms with Crippen molar-refractivity contribution in [2.24, 2.45) is 5.92 Å². The van der Waals surface area contributed by atoms with Crippen LogP contribution in [-0.2, 0) is 4.79 Å². The molecule has 154 valence electrons. The standard InChI is InChI=1S/C20H21N7O3/c1-14-21-8-11-26(14)19-12-18(22-13-23-19)25-9-6-15(7-10-25)20(28)24-16-4-2-3-5-17(16)27(29)30/h2-5,8,11-13,15H,6-7,9-10H2,1H3,(H,24,28). The summed E-state index contributed by atoms with van der Waals surface area (Å²) in [6.07, 6.45) is 6.36. The lowest BCUT2D eigenvalue weighted by atomic mass is 9.95. The van der Waals surface area contributed by atoms with Gasteiger partial charge in [-0.05, 0) is 25.8 Å². The van der Waals surface area contributed by atoms with Crippen LogP contribution in [0.3, 0.4) is 0 Å². The van der Waals surface area contributed by atoms with Crippen LogP contribution in [0.4, 0.5) is 17.2 Å². The average molecular weight is 407 g/mol. The van der Waals surface area contributed by atoms with Gasteiger partial charge in [-0.2, -0.15) is 0 Å². The Hall–Kier alpha value is -3.82. The number of piperidine rings is 1. The summed E-state index contributed by atoms with van der Waals surface area (Å²) in [5.41, 5.74) is 0.123. The van der Waals surface area contributed by atoms with Crippen molar-refractivity contribution in [2.75, 3.05) is 23.3 Å². The number of amides is 1. The lowest BCUT2D eigenvalue weighted by molar-refractivity contribution is -0.383. The fourth-order valence-electron chi connectivity index (χ4n) is 3.61. The minimum Gasteiger partial charge on any atom is -0.356 e. The van der Waals surface area contributed by atoms with E-state index < -0.39 is 4.92 Å². The largest absolute Gasteiger partial charge is 0.356 e. The summed E-state index contributed by atoms with van der Waals surface area (Å²) >= 11 is 0. The zero-order chi connectivity index (χ0) is 21.1. The number of carbonyl (C=O) groups excluding carboxylic acids is 1. The molecule has 1 fully saturated rings. The van der Waals surface area contributed by atoms with Gasteiger partial charge in [-0.3, -0.25) is 19.5 Å². The number of hydrogen-bond acceptors (Lipinski definition) is 7. The number of hydrogen-bond donors (Lipinski definition) is 1. The summed E-state index contributed by atoms with van der Waals surface area (Å²) in [6, 6.07) is 8.08. The Labute approximate surface area is 172 Å². The van der Waals surface area contributed by atoms with Crippen LogP contribution in [0, 0.1) is 23.0 Å². The summed E-state index contributed by atoms with van der Waals surface area (Å²) in [7, 11) is 0. The van der Waals surface area contributed by atoms with E-state index >= 15 is 0 Å². The van der Waals surface area contributed by atoms with Crippen molar-refractivity contribution < 1.29 is 9.72 Å². The maximum atomic E-state index is 12.6. The third-order valence-corrected chi connectivity index (χ3v) is 5.26. The average Bonchev–Trinajstić information content (AvgIpc) is 3.20. The number of imidazole rings is 1. The topological polar surface area (TPSA) is 119 Å². The highest BCUT2D eigenvalue weighted by atomic mass is 16.6. The molecule has 1 aliphatic rings. The molecule has 0 aliphatic carbocycles. The Morgan fingerprint density at radius 3 is 2.60 bits per heavy atom. The van der Waals surface area contributed by atoms with E-state index in [2.05, 4.69) is 25.2 Å². The minimum absolute atomic E-state index is 0.105. The monoisotopic (exact) mass is 407 g/mol. The third kappa shape index (κ3) is 3.97. The molecule has 1 aliphatic heterocycles. The van der Waals surface area contributed by atoms with Crippen LogP contribution >= 0.6 is 0 Å². The van der Waals surface area contributed by atoms with E-state index in [-0.39, 0.29) is 23.2 Å². The van der Waals surface area contributed by atoms with Crippen molar-refractivity contribution in [1.82, 2.24) is 19.5 Å². The highest BCUT2D eigenvalue weighted by molar-refractivity contribution is 5.94. The Morgan fingerprint density at radius 1 is 1.17 bits per heavy atom. The molecular formula is C20H21N7O3. The molecule has 2 aromatic heterocycles. The lowest BCUT2D eigenvalue weighted by Crippen LogP contribution is -2.38. The van der Waals surface area contributed by atoms with Crippen molar-refractivity contribution in [2.45, 2.75) is 19.8 Å². The van der Waals surface area contributed by atoms with Crippen LogP contribution in [-0.4, -0.2) is 43.4 Å². The molecule has 3 aromatic rings. The normalized spacial score (nSPS) is 14.5. The fourth-order valence-corrected chi connectivity index (χ4v) is 3.61. The SMILES string of the molecule is Cc1nccn1-c1cc(N2CCC(C(=O)Nc3ccccc3[N+](=O)[O-])CC2)ncn1. The molecule has 0 bridgehead atoms. The summed E-state index contributed by atoms with van der Waals surface area (Å²) in [6.45, 7) is 3.23. The number of rotatable bonds is 5. The van der Waals surface area contributed by atoms with Crippen molar-refractivity contribution in [3.8, 4) is 5.82 Å². The second-order valence-corrected chi connectivity index (χ2v) is 7.10. The second kappa shape index (κ2) is 8.27. The molecule has 0 spiro atoms. The zero-order valence-corrected chi connectivity index (χ0v) is 16.4. The van der Waals surface area contributed by atoms with Crippen LogP contribution in [0.1, 0.15) is 18.7 Å². The van der Waals surface area contributed by atoms with Gasteiger partial charge in [0.15, 0.2) is 0 Å². The number of aromatic nitrogens is 4. The van der Waals surface area contributed by atoms with Crippen LogP contribution in [0.2, 0.25) is 0 Å². The summed E-state index contributed by atoms with van der Waals surface area (Å²) < 4.78 is 1.89. The van der Waals surface area contributed by atoms with Crippen LogP contribution in [0.15, 0.2) is 49.1 Å². The zero-order valence-electron chi connectivity index (χ0n) is 16.4. The number of nitro benzene ring substituents is 1. The van der Waals surface area contributed by atoms with E-state index in [0.717, 1.165) is 17.5 Å². The van der Waals surface area contributed by atoms with Crippen LogP contribution in [0.25, 0.3) is 5.82 Å². The van der Waals surface area contributed by atoms with Gasteiger partial charge in [0.1, 0.15) is 29.5 Å². The van der Waals surface area contributed by atoms with Gasteiger partial charge in [-0.25, -0.2) is 15.0 Å². The Balaban J connectivity index is 1.40. The van der Waals surface area contributed by atoms with E-state index in [9.17, 15) is 14.9 Å². The predicted molar refractivity (Wildman–Crippen MR) is 111 cm³/mol. The molecule has 10 heteroatoms. The molecule has 4 rings (SSSR count). The van der Waals surface area contributed by atoms with Crippen LogP contribution < -0.4 is 10.2 Å².